The molecule has 2 N–H and O–H groups in total. The van der Waals surface area contributed by atoms with E-state index in [1.807, 2.05) is 0 Å². The first kappa shape index (κ1) is 11.8. The lowest BCUT2D eigenvalue weighted by molar-refractivity contribution is 0.0120. The van der Waals surface area contributed by atoms with Crippen LogP contribution in [0.5, 0.6) is 0 Å². The van der Waals surface area contributed by atoms with E-state index in [1.165, 1.54) is 12.4 Å². The van der Waals surface area contributed by atoms with Crippen LogP contribution in [-0.2, 0) is 0 Å². The average molecular weight is 282 g/mol. The SMILES string of the molecule is OC(CCBr)C(O)c1ncc(Cl)cn1. The third kappa shape index (κ3) is 3.16. The summed E-state index contributed by atoms with van der Waals surface area (Å²) in [5.74, 6) is 0.183. The topological polar surface area (TPSA) is 66.2 Å². The van der Waals surface area contributed by atoms with Crippen molar-refractivity contribution in [3.05, 3.63) is 23.2 Å². The Hall–Kier alpha value is -0.230. The molecule has 4 nitrogen and oxygen atoms in total. The number of aliphatic hydroxyl groups is 2. The minimum atomic E-state index is -1.06. The van der Waals surface area contributed by atoms with Gasteiger partial charge in [0.1, 0.15) is 6.10 Å². The molecule has 0 aliphatic carbocycles. The van der Waals surface area contributed by atoms with Crippen LogP contribution in [-0.4, -0.2) is 31.6 Å². The third-order valence-corrected chi connectivity index (χ3v) is 2.33. The van der Waals surface area contributed by atoms with Gasteiger partial charge in [-0.3, -0.25) is 0 Å². The molecule has 0 aliphatic rings. The quantitative estimate of drug-likeness (QED) is 0.817. The minimum Gasteiger partial charge on any atom is -0.390 e. The molecule has 0 radical (unpaired) electrons. The average Bonchev–Trinajstić information content (AvgIpc) is 2.18. The summed E-state index contributed by atoms with van der Waals surface area (Å²) in [5.41, 5.74) is 0. The summed E-state index contributed by atoms with van der Waals surface area (Å²) in [6.45, 7) is 0. The summed E-state index contributed by atoms with van der Waals surface area (Å²) < 4.78 is 0. The van der Waals surface area contributed by atoms with Crippen LogP contribution < -0.4 is 0 Å². The van der Waals surface area contributed by atoms with E-state index in [4.69, 9.17) is 11.6 Å². The lowest BCUT2D eigenvalue weighted by atomic mass is 10.1. The fraction of sp³-hybridized carbons (Fsp3) is 0.500. The van der Waals surface area contributed by atoms with E-state index in [9.17, 15) is 10.2 Å². The van der Waals surface area contributed by atoms with Gasteiger partial charge in [0.05, 0.1) is 11.1 Å². The summed E-state index contributed by atoms with van der Waals surface area (Å²) >= 11 is 8.75. The second-order valence-corrected chi connectivity index (χ2v) is 3.98. The molecule has 0 aliphatic heterocycles. The van der Waals surface area contributed by atoms with Crippen molar-refractivity contribution in [2.75, 3.05) is 5.33 Å². The monoisotopic (exact) mass is 280 g/mol. The molecular formula is C8H10BrClN2O2. The maximum absolute atomic E-state index is 9.57. The van der Waals surface area contributed by atoms with Crippen molar-refractivity contribution in [3.63, 3.8) is 0 Å². The molecule has 0 spiro atoms. The van der Waals surface area contributed by atoms with E-state index in [-0.39, 0.29) is 5.82 Å². The van der Waals surface area contributed by atoms with Gasteiger partial charge in [0.25, 0.3) is 0 Å². The Balaban J connectivity index is 2.68. The molecule has 1 aromatic rings. The zero-order chi connectivity index (χ0) is 10.6. The first-order valence-corrected chi connectivity index (χ1v) is 5.54. The molecule has 14 heavy (non-hydrogen) atoms. The van der Waals surface area contributed by atoms with Crippen LogP contribution in [0.25, 0.3) is 0 Å². The number of aliphatic hydroxyl groups excluding tert-OH is 2. The Labute approximate surface area is 95.1 Å². The lowest BCUT2D eigenvalue weighted by Gasteiger charge is -2.14. The Bertz CT molecular complexity index is 283. The van der Waals surface area contributed by atoms with Gasteiger partial charge in [0, 0.05) is 17.7 Å². The molecule has 0 aromatic carbocycles. The molecule has 6 heteroatoms. The zero-order valence-electron chi connectivity index (χ0n) is 7.27. The predicted octanol–water partition coefficient (Wildman–Crippen LogP) is 1.31. The molecule has 2 unspecified atom stereocenters. The van der Waals surface area contributed by atoms with Crippen molar-refractivity contribution in [2.24, 2.45) is 0 Å². The highest BCUT2D eigenvalue weighted by Crippen LogP contribution is 2.16. The largest absolute Gasteiger partial charge is 0.390 e. The zero-order valence-corrected chi connectivity index (χ0v) is 9.61. The minimum absolute atomic E-state index is 0.183. The van der Waals surface area contributed by atoms with E-state index in [0.717, 1.165) is 0 Å². The summed E-state index contributed by atoms with van der Waals surface area (Å²) in [4.78, 5) is 7.63. The van der Waals surface area contributed by atoms with Gasteiger partial charge in [-0.1, -0.05) is 27.5 Å². The Morgan fingerprint density at radius 1 is 1.36 bits per heavy atom. The van der Waals surface area contributed by atoms with Crippen molar-refractivity contribution in [3.8, 4) is 0 Å². The normalized spacial score (nSPS) is 15.1. The van der Waals surface area contributed by atoms with Gasteiger partial charge >= 0.3 is 0 Å². The van der Waals surface area contributed by atoms with Crippen LogP contribution in [0.15, 0.2) is 12.4 Å². The Kier molecular flexibility index (Phi) is 4.74. The molecule has 0 fully saturated rings. The molecule has 78 valence electrons. The van der Waals surface area contributed by atoms with E-state index < -0.39 is 12.2 Å². The van der Waals surface area contributed by atoms with Crippen molar-refractivity contribution in [1.29, 1.82) is 0 Å². The number of nitrogens with zero attached hydrogens (tertiary/aromatic N) is 2. The van der Waals surface area contributed by atoms with Gasteiger partial charge in [-0.05, 0) is 6.42 Å². The van der Waals surface area contributed by atoms with Crippen LogP contribution in [0.2, 0.25) is 5.02 Å². The highest BCUT2D eigenvalue weighted by molar-refractivity contribution is 9.09. The number of hydrogen-bond donors (Lipinski definition) is 2. The number of hydrogen-bond acceptors (Lipinski definition) is 4. The van der Waals surface area contributed by atoms with E-state index in [0.29, 0.717) is 16.8 Å². The van der Waals surface area contributed by atoms with Crippen molar-refractivity contribution in [2.45, 2.75) is 18.6 Å². The highest BCUT2D eigenvalue weighted by Gasteiger charge is 2.19. The van der Waals surface area contributed by atoms with Crippen molar-refractivity contribution in [1.82, 2.24) is 9.97 Å². The molecule has 1 heterocycles. The summed E-state index contributed by atoms with van der Waals surface area (Å²) in [6.07, 6.45) is 1.27. The number of rotatable bonds is 4. The fourth-order valence-electron chi connectivity index (χ4n) is 0.917. The van der Waals surface area contributed by atoms with Gasteiger partial charge in [-0.15, -0.1) is 0 Å². The first-order valence-electron chi connectivity index (χ1n) is 4.04. The predicted molar refractivity (Wildman–Crippen MR) is 56.4 cm³/mol. The smallest absolute Gasteiger partial charge is 0.159 e. The Morgan fingerprint density at radius 3 is 2.43 bits per heavy atom. The fourth-order valence-corrected chi connectivity index (χ4v) is 1.48. The second-order valence-electron chi connectivity index (χ2n) is 2.75. The van der Waals surface area contributed by atoms with E-state index in [1.54, 1.807) is 0 Å². The summed E-state index contributed by atoms with van der Waals surface area (Å²) in [7, 11) is 0. The molecule has 0 saturated heterocycles. The van der Waals surface area contributed by atoms with Gasteiger partial charge in [0.2, 0.25) is 0 Å². The van der Waals surface area contributed by atoms with E-state index >= 15 is 0 Å². The van der Waals surface area contributed by atoms with Crippen LogP contribution in [0.4, 0.5) is 0 Å². The molecular weight excluding hydrogens is 271 g/mol. The number of aromatic nitrogens is 2. The standard InChI is InChI=1S/C8H10BrClN2O2/c9-2-1-6(13)7(14)8-11-3-5(10)4-12-8/h3-4,6-7,13-14H,1-2H2. The lowest BCUT2D eigenvalue weighted by Crippen LogP contribution is -2.20. The van der Waals surface area contributed by atoms with Gasteiger partial charge in [0.15, 0.2) is 5.82 Å². The van der Waals surface area contributed by atoms with Gasteiger partial charge in [-0.2, -0.15) is 0 Å². The van der Waals surface area contributed by atoms with Gasteiger partial charge in [-0.25, -0.2) is 9.97 Å². The number of alkyl halides is 1. The van der Waals surface area contributed by atoms with Crippen molar-refractivity contribution < 1.29 is 10.2 Å². The maximum atomic E-state index is 9.57. The molecule has 0 saturated carbocycles. The molecule has 0 amide bonds. The maximum Gasteiger partial charge on any atom is 0.159 e. The van der Waals surface area contributed by atoms with Crippen LogP contribution in [0, 0.1) is 0 Å². The van der Waals surface area contributed by atoms with Gasteiger partial charge < -0.3 is 10.2 Å². The molecule has 0 bridgehead atoms. The summed E-state index contributed by atoms with van der Waals surface area (Å²) in [5, 5.41) is 20.0. The Morgan fingerprint density at radius 2 is 1.93 bits per heavy atom. The highest BCUT2D eigenvalue weighted by atomic mass is 79.9. The molecule has 1 aromatic heterocycles. The van der Waals surface area contributed by atoms with Crippen LogP contribution in [0.1, 0.15) is 18.3 Å². The van der Waals surface area contributed by atoms with Crippen LogP contribution in [0.3, 0.4) is 0 Å². The first-order chi connectivity index (χ1) is 6.65. The molecule has 1 rings (SSSR count). The molecule has 2 atom stereocenters. The second kappa shape index (κ2) is 5.60. The summed E-state index contributed by atoms with van der Waals surface area (Å²) in [6, 6.07) is 0. The van der Waals surface area contributed by atoms with Crippen LogP contribution >= 0.6 is 27.5 Å². The third-order valence-electron chi connectivity index (χ3n) is 1.67. The van der Waals surface area contributed by atoms with Crippen molar-refractivity contribution >= 4 is 27.5 Å². The van der Waals surface area contributed by atoms with E-state index in [2.05, 4.69) is 25.9 Å². The number of halogens is 2.